The van der Waals surface area contributed by atoms with Gasteiger partial charge in [0.1, 0.15) is 0 Å². The minimum atomic E-state index is 0.0796. The van der Waals surface area contributed by atoms with Gasteiger partial charge in [-0.05, 0) is 18.1 Å². The van der Waals surface area contributed by atoms with E-state index in [4.69, 9.17) is 11.5 Å². The zero-order valence-electron chi connectivity index (χ0n) is 8.03. The Hall–Kier alpha value is -1.09. The molecule has 0 bridgehead atoms. The van der Waals surface area contributed by atoms with Gasteiger partial charge in [-0.1, -0.05) is 19.8 Å². The summed E-state index contributed by atoms with van der Waals surface area (Å²) in [6.07, 6.45) is 6.74. The lowest BCUT2D eigenvalue weighted by atomic mass is 10.0. The molecule has 0 aromatic carbocycles. The molecule has 0 aliphatic heterocycles. The van der Waals surface area contributed by atoms with Crippen LogP contribution in [0, 0.1) is 0 Å². The van der Waals surface area contributed by atoms with Crippen molar-refractivity contribution < 1.29 is 0 Å². The maximum absolute atomic E-state index is 5.95. The molecule has 72 valence electrons. The van der Waals surface area contributed by atoms with Crippen LogP contribution in [0.5, 0.6) is 0 Å². The van der Waals surface area contributed by atoms with Crippen molar-refractivity contribution in [3.05, 3.63) is 24.0 Å². The molecule has 0 radical (unpaired) electrons. The van der Waals surface area contributed by atoms with Crippen LogP contribution in [-0.2, 0) is 0 Å². The normalized spacial score (nSPS) is 12.8. The maximum Gasteiger partial charge on any atom is 0.0503 e. The Bertz CT molecular complexity index is 260. The van der Waals surface area contributed by atoms with Crippen LogP contribution in [-0.4, -0.2) is 4.98 Å². The summed E-state index contributed by atoms with van der Waals surface area (Å²) in [7, 11) is 0. The molecule has 13 heavy (non-hydrogen) atoms. The number of pyridine rings is 1. The Kier molecular flexibility index (Phi) is 3.71. The van der Waals surface area contributed by atoms with E-state index in [0.717, 1.165) is 18.4 Å². The SMILES string of the molecule is CCCCC(N)c1cncc(N)c1. The van der Waals surface area contributed by atoms with E-state index < -0.39 is 0 Å². The van der Waals surface area contributed by atoms with Crippen LogP contribution < -0.4 is 11.5 Å². The van der Waals surface area contributed by atoms with Crippen molar-refractivity contribution in [3.63, 3.8) is 0 Å². The fraction of sp³-hybridized carbons (Fsp3) is 0.500. The van der Waals surface area contributed by atoms with Crippen molar-refractivity contribution in [1.82, 2.24) is 4.98 Å². The zero-order chi connectivity index (χ0) is 9.68. The van der Waals surface area contributed by atoms with E-state index in [1.54, 1.807) is 12.4 Å². The van der Waals surface area contributed by atoms with E-state index in [9.17, 15) is 0 Å². The summed E-state index contributed by atoms with van der Waals surface area (Å²) < 4.78 is 0. The molecule has 0 saturated heterocycles. The number of rotatable bonds is 4. The molecule has 1 aromatic rings. The minimum Gasteiger partial charge on any atom is -0.397 e. The highest BCUT2D eigenvalue weighted by atomic mass is 14.7. The summed E-state index contributed by atoms with van der Waals surface area (Å²) in [5, 5.41) is 0. The zero-order valence-corrected chi connectivity index (χ0v) is 8.03. The quantitative estimate of drug-likeness (QED) is 0.741. The Morgan fingerprint density at radius 2 is 2.23 bits per heavy atom. The van der Waals surface area contributed by atoms with E-state index in [2.05, 4.69) is 11.9 Å². The number of aromatic nitrogens is 1. The van der Waals surface area contributed by atoms with E-state index in [1.165, 1.54) is 6.42 Å². The molecule has 1 aromatic heterocycles. The molecule has 0 aliphatic carbocycles. The van der Waals surface area contributed by atoms with E-state index >= 15 is 0 Å². The van der Waals surface area contributed by atoms with Crippen molar-refractivity contribution in [2.45, 2.75) is 32.2 Å². The van der Waals surface area contributed by atoms with Gasteiger partial charge in [0.25, 0.3) is 0 Å². The third kappa shape index (κ3) is 3.03. The molecule has 3 nitrogen and oxygen atoms in total. The number of anilines is 1. The first-order valence-electron chi connectivity index (χ1n) is 4.70. The molecule has 0 amide bonds. The predicted molar refractivity (Wildman–Crippen MR) is 55.1 cm³/mol. The van der Waals surface area contributed by atoms with Gasteiger partial charge in [-0.25, -0.2) is 0 Å². The van der Waals surface area contributed by atoms with Crippen molar-refractivity contribution in [2.24, 2.45) is 5.73 Å². The van der Waals surface area contributed by atoms with Gasteiger partial charge in [-0.15, -0.1) is 0 Å². The number of nitrogens with two attached hydrogens (primary N) is 2. The molecular weight excluding hydrogens is 162 g/mol. The summed E-state index contributed by atoms with van der Waals surface area (Å²) in [4.78, 5) is 4.01. The van der Waals surface area contributed by atoms with Crippen LogP contribution in [0.25, 0.3) is 0 Å². The fourth-order valence-corrected chi connectivity index (χ4v) is 1.27. The summed E-state index contributed by atoms with van der Waals surface area (Å²) in [6, 6.07) is 1.98. The van der Waals surface area contributed by atoms with Crippen LogP contribution in [0.3, 0.4) is 0 Å². The summed E-state index contributed by atoms with van der Waals surface area (Å²) in [6.45, 7) is 2.16. The van der Waals surface area contributed by atoms with Gasteiger partial charge in [-0.2, -0.15) is 0 Å². The molecule has 1 atom stereocenters. The Labute approximate surface area is 79.2 Å². The second-order valence-corrected chi connectivity index (χ2v) is 3.30. The largest absolute Gasteiger partial charge is 0.397 e. The molecule has 1 heterocycles. The number of hydrogen-bond donors (Lipinski definition) is 2. The first kappa shape index (κ1) is 9.99. The van der Waals surface area contributed by atoms with Crippen LogP contribution in [0.15, 0.2) is 18.5 Å². The fourth-order valence-electron chi connectivity index (χ4n) is 1.27. The first-order valence-corrected chi connectivity index (χ1v) is 4.70. The third-order valence-electron chi connectivity index (χ3n) is 2.08. The maximum atomic E-state index is 5.95. The monoisotopic (exact) mass is 179 g/mol. The lowest BCUT2D eigenvalue weighted by Crippen LogP contribution is -2.10. The average molecular weight is 179 g/mol. The summed E-state index contributed by atoms with van der Waals surface area (Å²) in [5.41, 5.74) is 13.3. The number of nitrogens with zero attached hydrogens (tertiary/aromatic N) is 1. The number of hydrogen-bond acceptors (Lipinski definition) is 3. The molecule has 1 unspecified atom stereocenters. The highest BCUT2D eigenvalue weighted by molar-refractivity contribution is 5.37. The average Bonchev–Trinajstić information content (AvgIpc) is 2.14. The van der Waals surface area contributed by atoms with E-state index in [-0.39, 0.29) is 6.04 Å². The highest BCUT2D eigenvalue weighted by Crippen LogP contribution is 2.17. The van der Waals surface area contributed by atoms with Crippen LogP contribution >= 0.6 is 0 Å². The predicted octanol–water partition coefficient (Wildman–Crippen LogP) is 1.85. The Morgan fingerprint density at radius 1 is 1.46 bits per heavy atom. The van der Waals surface area contributed by atoms with Gasteiger partial charge >= 0.3 is 0 Å². The smallest absolute Gasteiger partial charge is 0.0503 e. The molecule has 3 heteroatoms. The lowest BCUT2D eigenvalue weighted by molar-refractivity contribution is 0.602. The molecular formula is C10H17N3. The molecule has 1 rings (SSSR count). The van der Waals surface area contributed by atoms with Gasteiger partial charge in [0, 0.05) is 18.4 Å². The number of nitrogen functional groups attached to an aromatic ring is 1. The van der Waals surface area contributed by atoms with Gasteiger partial charge in [0.2, 0.25) is 0 Å². The molecule has 0 spiro atoms. The summed E-state index contributed by atoms with van der Waals surface area (Å²) in [5.74, 6) is 0. The topological polar surface area (TPSA) is 64.9 Å². The molecule has 0 fully saturated rings. The standard InChI is InChI=1S/C10H17N3/c1-2-3-4-10(12)8-5-9(11)7-13-6-8/h5-7,10H,2-4,11-12H2,1H3. The van der Waals surface area contributed by atoms with Crippen molar-refractivity contribution in [1.29, 1.82) is 0 Å². The first-order chi connectivity index (χ1) is 6.24. The van der Waals surface area contributed by atoms with E-state index in [0.29, 0.717) is 5.69 Å². The van der Waals surface area contributed by atoms with Crippen LogP contribution in [0.4, 0.5) is 5.69 Å². The second kappa shape index (κ2) is 4.82. The second-order valence-electron chi connectivity index (χ2n) is 3.30. The van der Waals surface area contributed by atoms with Gasteiger partial charge in [-0.3, -0.25) is 4.98 Å². The lowest BCUT2D eigenvalue weighted by Gasteiger charge is -2.10. The highest BCUT2D eigenvalue weighted by Gasteiger charge is 2.05. The molecule has 0 aliphatic rings. The van der Waals surface area contributed by atoms with Crippen LogP contribution in [0.1, 0.15) is 37.8 Å². The Morgan fingerprint density at radius 3 is 2.85 bits per heavy atom. The minimum absolute atomic E-state index is 0.0796. The number of unbranched alkanes of at least 4 members (excludes halogenated alkanes) is 1. The van der Waals surface area contributed by atoms with Gasteiger partial charge < -0.3 is 11.5 Å². The van der Waals surface area contributed by atoms with Gasteiger partial charge in [0.15, 0.2) is 0 Å². The van der Waals surface area contributed by atoms with Crippen LogP contribution in [0.2, 0.25) is 0 Å². The van der Waals surface area contributed by atoms with Crippen molar-refractivity contribution in [3.8, 4) is 0 Å². The third-order valence-corrected chi connectivity index (χ3v) is 2.08. The summed E-state index contributed by atoms with van der Waals surface area (Å²) >= 11 is 0. The molecule has 4 N–H and O–H groups in total. The molecule has 0 saturated carbocycles. The van der Waals surface area contributed by atoms with E-state index in [1.807, 2.05) is 6.07 Å². The van der Waals surface area contributed by atoms with Crippen molar-refractivity contribution in [2.75, 3.05) is 5.73 Å². The Balaban J connectivity index is 2.60. The van der Waals surface area contributed by atoms with Gasteiger partial charge in [0.05, 0.1) is 5.69 Å². The van der Waals surface area contributed by atoms with Crippen molar-refractivity contribution >= 4 is 5.69 Å².